The lowest BCUT2D eigenvalue weighted by Gasteiger charge is -2.26. The Kier molecular flexibility index (Phi) is 7.85. The minimum atomic E-state index is -1.02. The quantitative estimate of drug-likeness (QED) is 0.288. The third-order valence-corrected chi connectivity index (χ3v) is 7.95. The molecule has 3 atom stereocenters. The van der Waals surface area contributed by atoms with Crippen LogP contribution in [-0.4, -0.2) is 43.6 Å². The van der Waals surface area contributed by atoms with Gasteiger partial charge >= 0.3 is 5.97 Å². The Labute approximate surface area is 232 Å². The Morgan fingerprint density at radius 3 is 2.70 bits per heavy atom. The Bertz CT molecular complexity index is 1550. The van der Waals surface area contributed by atoms with Crippen molar-refractivity contribution in [3.63, 3.8) is 0 Å². The minimum Gasteiger partial charge on any atom is -0.486 e. The van der Waals surface area contributed by atoms with Gasteiger partial charge in [-0.25, -0.2) is 13.5 Å². The van der Waals surface area contributed by atoms with E-state index in [1.807, 2.05) is 45.0 Å². The molecule has 0 fully saturated rings. The SMILES string of the molecule is CC[C@@H]1CN(Cc2cc(C(c3ccc4c(nnn4CC)c3F)C(C)C(=O)O)ccc2C)Cc2cccc(F)c2O1. The summed E-state index contributed by atoms with van der Waals surface area (Å²) < 4.78 is 38.1. The lowest BCUT2D eigenvalue weighted by molar-refractivity contribution is -0.141. The molecule has 0 bridgehead atoms. The number of ether oxygens (including phenoxy) is 1. The number of benzene rings is 3. The fourth-order valence-electron chi connectivity index (χ4n) is 5.61. The summed E-state index contributed by atoms with van der Waals surface area (Å²) in [6.07, 6.45) is 0.560. The summed E-state index contributed by atoms with van der Waals surface area (Å²) in [7, 11) is 0. The lowest BCUT2D eigenvalue weighted by Crippen LogP contribution is -2.32. The molecule has 0 saturated heterocycles. The highest BCUT2D eigenvalue weighted by Gasteiger charge is 2.31. The molecule has 3 aromatic carbocycles. The summed E-state index contributed by atoms with van der Waals surface area (Å²) in [5.41, 5.74) is 4.51. The number of hydrogen-bond acceptors (Lipinski definition) is 5. The molecule has 40 heavy (non-hydrogen) atoms. The first kappa shape index (κ1) is 27.7. The summed E-state index contributed by atoms with van der Waals surface area (Å²) in [4.78, 5) is 14.4. The van der Waals surface area contributed by atoms with Crippen LogP contribution in [0.4, 0.5) is 8.78 Å². The first-order chi connectivity index (χ1) is 19.2. The van der Waals surface area contributed by atoms with Gasteiger partial charge in [0.2, 0.25) is 0 Å². The van der Waals surface area contributed by atoms with Crippen molar-refractivity contribution in [3.8, 4) is 5.75 Å². The second kappa shape index (κ2) is 11.3. The van der Waals surface area contributed by atoms with E-state index in [0.717, 1.165) is 23.1 Å². The molecule has 1 aliphatic heterocycles. The van der Waals surface area contributed by atoms with E-state index in [1.165, 1.54) is 6.07 Å². The maximum absolute atomic E-state index is 15.9. The highest BCUT2D eigenvalue weighted by Crippen LogP contribution is 2.37. The molecule has 0 radical (unpaired) electrons. The number of carboxylic acid groups (broad SMARTS) is 1. The molecule has 1 aliphatic rings. The van der Waals surface area contributed by atoms with Crippen LogP contribution in [0.2, 0.25) is 0 Å². The van der Waals surface area contributed by atoms with E-state index in [2.05, 4.69) is 15.2 Å². The number of aliphatic carboxylic acids is 1. The van der Waals surface area contributed by atoms with Gasteiger partial charge in [-0.15, -0.1) is 5.10 Å². The van der Waals surface area contributed by atoms with Crippen molar-refractivity contribution in [1.29, 1.82) is 0 Å². The Hall–Kier alpha value is -3.85. The van der Waals surface area contributed by atoms with Crippen molar-refractivity contribution in [3.05, 3.63) is 88.0 Å². The number of rotatable bonds is 8. The predicted molar refractivity (Wildman–Crippen MR) is 148 cm³/mol. The van der Waals surface area contributed by atoms with Crippen molar-refractivity contribution in [2.45, 2.75) is 65.8 Å². The van der Waals surface area contributed by atoms with Gasteiger partial charge in [-0.3, -0.25) is 9.69 Å². The van der Waals surface area contributed by atoms with Crippen molar-refractivity contribution in [2.75, 3.05) is 6.54 Å². The standard InChI is InChI=1S/C31H34F2N4O3/c1-5-23-17-36(15-21-8-7-9-25(32)30(21)40-23)16-22-14-20(11-10-18(22)3)27(19(4)31(38)39)24-12-13-26-29(28(24)33)34-35-37(26)6-2/h7-14,19,23,27H,5-6,15-17H2,1-4H3,(H,38,39)/t19?,23-,27?/m1/s1. The van der Waals surface area contributed by atoms with Crippen molar-refractivity contribution < 1.29 is 23.4 Å². The van der Waals surface area contributed by atoms with Gasteiger partial charge in [-0.1, -0.05) is 55.5 Å². The van der Waals surface area contributed by atoms with Gasteiger partial charge in [0, 0.05) is 37.7 Å². The summed E-state index contributed by atoms with van der Waals surface area (Å²) in [5.74, 6) is -3.25. The van der Waals surface area contributed by atoms with Gasteiger partial charge in [0.05, 0.1) is 11.4 Å². The monoisotopic (exact) mass is 548 g/mol. The predicted octanol–water partition coefficient (Wildman–Crippen LogP) is 6.06. The molecule has 7 nitrogen and oxygen atoms in total. The number of aromatic nitrogens is 3. The van der Waals surface area contributed by atoms with E-state index in [9.17, 15) is 14.3 Å². The number of hydrogen-bond donors (Lipinski definition) is 1. The zero-order valence-corrected chi connectivity index (χ0v) is 23.2. The largest absolute Gasteiger partial charge is 0.486 e. The average Bonchev–Trinajstić information content (AvgIpc) is 3.27. The van der Waals surface area contributed by atoms with Crippen LogP contribution in [0.25, 0.3) is 11.0 Å². The normalized spacial score (nSPS) is 17.2. The lowest BCUT2D eigenvalue weighted by atomic mass is 9.80. The molecule has 9 heteroatoms. The van der Waals surface area contributed by atoms with Gasteiger partial charge in [0.15, 0.2) is 17.4 Å². The molecule has 4 aromatic rings. The van der Waals surface area contributed by atoms with Crippen molar-refractivity contribution in [1.82, 2.24) is 19.9 Å². The zero-order chi connectivity index (χ0) is 28.6. The number of carboxylic acids is 1. The molecule has 0 amide bonds. The molecule has 2 unspecified atom stereocenters. The van der Waals surface area contributed by atoms with Gasteiger partial charge < -0.3 is 9.84 Å². The summed E-state index contributed by atoms with van der Waals surface area (Å²) in [5, 5.41) is 18.1. The Morgan fingerprint density at radius 1 is 1.18 bits per heavy atom. The average molecular weight is 549 g/mol. The zero-order valence-electron chi connectivity index (χ0n) is 23.2. The second-order valence-electron chi connectivity index (χ2n) is 10.6. The van der Waals surface area contributed by atoms with Crippen LogP contribution in [0, 0.1) is 24.5 Å². The molecular formula is C31H34F2N4O3. The van der Waals surface area contributed by atoms with Crippen LogP contribution >= 0.6 is 0 Å². The van der Waals surface area contributed by atoms with Crippen LogP contribution in [0.3, 0.4) is 0 Å². The number of carbonyl (C=O) groups is 1. The molecule has 5 rings (SSSR count). The first-order valence-corrected chi connectivity index (χ1v) is 13.7. The van der Waals surface area contributed by atoms with Crippen LogP contribution < -0.4 is 4.74 Å². The van der Waals surface area contributed by atoms with E-state index < -0.39 is 23.6 Å². The Balaban J connectivity index is 1.53. The third-order valence-electron chi connectivity index (χ3n) is 7.95. The maximum atomic E-state index is 15.9. The summed E-state index contributed by atoms with van der Waals surface area (Å²) >= 11 is 0. The van der Waals surface area contributed by atoms with Gasteiger partial charge in [0.25, 0.3) is 0 Å². The van der Waals surface area contributed by atoms with Crippen LogP contribution in [0.15, 0.2) is 48.5 Å². The highest BCUT2D eigenvalue weighted by atomic mass is 19.1. The number of aryl methyl sites for hydroxylation is 2. The second-order valence-corrected chi connectivity index (χ2v) is 10.6. The number of fused-ring (bicyclic) bond motifs is 2. The highest BCUT2D eigenvalue weighted by molar-refractivity contribution is 5.78. The van der Waals surface area contributed by atoms with Crippen LogP contribution in [0.5, 0.6) is 5.75 Å². The number of halogens is 2. The Morgan fingerprint density at radius 2 is 1.98 bits per heavy atom. The van der Waals surface area contributed by atoms with Gasteiger partial charge in [-0.05, 0) is 54.7 Å². The van der Waals surface area contributed by atoms with Gasteiger partial charge in [0.1, 0.15) is 11.6 Å². The topological polar surface area (TPSA) is 80.5 Å². The molecule has 0 saturated carbocycles. The smallest absolute Gasteiger partial charge is 0.307 e. The van der Waals surface area contributed by atoms with E-state index in [0.29, 0.717) is 43.0 Å². The van der Waals surface area contributed by atoms with Crippen molar-refractivity contribution in [2.24, 2.45) is 5.92 Å². The van der Waals surface area contributed by atoms with Crippen LogP contribution in [0.1, 0.15) is 60.9 Å². The van der Waals surface area contributed by atoms with Crippen molar-refractivity contribution >= 4 is 17.0 Å². The fourth-order valence-corrected chi connectivity index (χ4v) is 5.61. The molecule has 1 aromatic heterocycles. The van der Waals surface area contributed by atoms with E-state index >= 15 is 4.39 Å². The molecule has 2 heterocycles. The number of para-hydroxylation sites is 1. The third kappa shape index (κ3) is 5.18. The summed E-state index contributed by atoms with van der Waals surface area (Å²) in [6, 6.07) is 14.2. The molecular weight excluding hydrogens is 514 g/mol. The van der Waals surface area contributed by atoms with E-state index in [4.69, 9.17) is 4.74 Å². The molecule has 0 spiro atoms. The van der Waals surface area contributed by atoms with Gasteiger partial charge in [-0.2, -0.15) is 0 Å². The first-order valence-electron chi connectivity index (χ1n) is 13.7. The van der Waals surface area contributed by atoms with E-state index in [-0.39, 0.29) is 23.0 Å². The maximum Gasteiger partial charge on any atom is 0.307 e. The summed E-state index contributed by atoms with van der Waals surface area (Å²) in [6.45, 7) is 9.74. The van der Waals surface area contributed by atoms with E-state index in [1.54, 1.807) is 29.8 Å². The molecule has 0 aliphatic carbocycles. The molecule has 210 valence electrons. The minimum absolute atomic E-state index is 0.135. The molecule has 1 N–H and O–H groups in total. The number of nitrogens with zero attached hydrogens (tertiary/aromatic N) is 4. The fraction of sp³-hybridized carbons (Fsp3) is 0.387. The van der Waals surface area contributed by atoms with Crippen LogP contribution in [-0.2, 0) is 24.4 Å².